The molecule has 1 amide bonds. The van der Waals surface area contributed by atoms with Gasteiger partial charge in [0.15, 0.2) is 5.96 Å². The number of ether oxygens (including phenoxy) is 1. The second-order valence-electron chi connectivity index (χ2n) is 6.31. The Morgan fingerprint density at radius 2 is 1.93 bits per heavy atom. The van der Waals surface area contributed by atoms with Crippen molar-refractivity contribution in [1.29, 1.82) is 0 Å². The first-order valence-electron chi connectivity index (χ1n) is 9.43. The Balaban J connectivity index is 0.00000450. The molecule has 0 aliphatic rings. The number of carbonyl (C=O) groups excluding carboxylic acids is 2. The number of nitrogens with one attached hydrogen (secondary N) is 2. The maximum atomic E-state index is 12.0. The summed E-state index contributed by atoms with van der Waals surface area (Å²) in [6.45, 7) is 8.98. The van der Waals surface area contributed by atoms with Gasteiger partial charge in [0.25, 0.3) is 0 Å². The Morgan fingerprint density at radius 1 is 1.27 bits per heavy atom. The van der Waals surface area contributed by atoms with E-state index in [0.717, 1.165) is 10.6 Å². The molecule has 1 aromatic heterocycles. The highest BCUT2D eigenvalue weighted by Crippen LogP contribution is 2.24. The van der Waals surface area contributed by atoms with E-state index < -0.39 is 5.91 Å². The average molecular weight is 545 g/mol. The van der Waals surface area contributed by atoms with Crippen LogP contribution >= 0.6 is 35.3 Å². The van der Waals surface area contributed by atoms with Crippen LogP contribution in [0.3, 0.4) is 0 Å². The van der Waals surface area contributed by atoms with Crippen LogP contribution in [0.5, 0.6) is 0 Å². The second-order valence-corrected chi connectivity index (χ2v) is 7.34. The molecular weight excluding hydrogens is 517 g/mol. The summed E-state index contributed by atoms with van der Waals surface area (Å²) in [6.07, 6.45) is 0. The van der Waals surface area contributed by atoms with Crippen LogP contribution in [-0.4, -0.2) is 36.0 Å². The summed E-state index contributed by atoms with van der Waals surface area (Å²) in [5.74, 6) is -0.171. The SMILES string of the molecule is CCNC(=NCc1ccc(C(N)=O)cc1)NC(C)c1nc(C)c(C(=O)OCC)s1.I. The fraction of sp³-hybridized carbons (Fsp3) is 0.400. The van der Waals surface area contributed by atoms with Crippen LogP contribution in [0.15, 0.2) is 29.3 Å². The molecule has 0 fully saturated rings. The third-order valence-electron chi connectivity index (χ3n) is 4.00. The molecule has 0 saturated carbocycles. The maximum Gasteiger partial charge on any atom is 0.350 e. The Morgan fingerprint density at radius 3 is 2.50 bits per heavy atom. The summed E-state index contributed by atoms with van der Waals surface area (Å²) in [6, 6.07) is 6.88. The lowest BCUT2D eigenvalue weighted by atomic mass is 10.1. The van der Waals surface area contributed by atoms with Crippen LogP contribution in [-0.2, 0) is 11.3 Å². The normalized spacial score (nSPS) is 11.9. The van der Waals surface area contributed by atoms with Gasteiger partial charge in [0.1, 0.15) is 9.88 Å². The molecule has 1 unspecified atom stereocenters. The molecule has 0 aliphatic heterocycles. The fourth-order valence-corrected chi connectivity index (χ4v) is 3.48. The van der Waals surface area contributed by atoms with Gasteiger partial charge in [-0.1, -0.05) is 12.1 Å². The number of guanidine groups is 1. The van der Waals surface area contributed by atoms with Crippen molar-refractivity contribution in [1.82, 2.24) is 15.6 Å². The molecule has 0 aliphatic carbocycles. The molecule has 164 valence electrons. The molecule has 1 aromatic carbocycles. The van der Waals surface area contributed by atoms with Crippen molar-refractivity contribution in [3.05, 3.63) is 51.0 Å². The van der Waals surface area contributed by atoms with Crippen molar-refractivity contribution >= 4 is 53.1 Å². The summed E-state index contributed by atoms with van der Waals surface area (Å²) in [5.41, 5.74) is 7.34. The van der Waals surface area contributed by atoms with E-state index in [1.165, 1.54) is 11.3 Å². The highest BCUT2D eigenvalue weighted by atomic mass is 127. The summed E-state index contributed by atoms with van der Waals surface area (Å²) >= 11 is 1.32. The summed E-state index contributed by atoms with van der Waals surface area (Å²) in [7, 11) is 0. The number of halogens is 1. The van der Waals surface area contributed by atoms with Crippen LogP contribution in [0.25, 0.3) is 0 Å². The number of primary amides is 1. The number of aromatic nitrogens is 1. The number of aryl methyl sites for hydroxylation is 1. The molecular formula is C20H28IN5O3S. The van der Waals surface area contributed by atoms with Crippen LogP contribution in [0.2, 0.25) is 0 Å². The number of hydrogen-bond acceptors (Lipinski definition) is 6. The summed E-state index contributed by atoms with van der Waals surface area (Å²) in [4.78, 5) is 32.8. The Kier molecular flexibility index (Phi) is 10.7. The van der Waals surface area contributed by atoms with Gasteiger partial charge in [-0.15, -0.1) is 35.3 Å². The van der Waals surface area contributed by atoms with Crippen LogP contribution in [0, 0.1) is 6.92 Å². The Bertz CT molecular complexity index is 883. The zero-order chi connectivity index (χ0) is 21.4. The first kappa shape index (κ1) is 25.8. The molecule has 0 saturated heterocycles. The number of carbonyl (C=O) groups is 2. The lowest BCUT2D eigenvalue weighted by molar-refractivity contribution is 0.0531. The molecule has 0 radical (unpaired) electrons. The van der Waals surface area contributed by atoms with E-state index in [9.17, 15) is 9.59 Å². The highest BCUT2D eigenvalue weighted by Gasteiger charge is 2.20. The summed E-state index contributed by atoms with van der Waals surface area (Å²) in [5, 5.41) is 7.28. The standard InChI is InChI=1S/C20H27N5O3S.HI/c1-5-22-20(23-11-14-7-9-15(10-8-14)17(21)26)25-13(4)18-24-12(3)16(29-18)19(27)28-6-2;/h7-10,13H,5-6,11H2,1-4H3,(H2,21,26)(H2,22,23,25);1H. The van der Waals surface area contributed by atoms with E-state index in [4.69, 9.17) is 10.5 Å². The zero-order valence-electron chi connectivity index (χ0n) is 17.5. The van der Waals surface area contributed by atoms with Gasteiger partial charge in [0.05, 0.1) is 24.9 Å². The van der Waals surface area contributed by atoms with Gasteiger partial charge in [-0.05, 0) is 45.4 Å². The number of nitrogens with zero attached hydrogens (tertiary/aromatic N) is 2. The number of amides is 1. The molecule has 0 bridgehead atoms. The minimum absolute atomic E-state index is 0. The predicted molar refractivity (Wildman–Crippen MR) is 130 cm³/mol. The average Bonchev–Trinajstić information content (AvgIpc) is 3.08. The van der Waals surface area contributed by atoms with Gasteiger partial charge in [-0.2, -0.15) is 0 Å². The molecule has 8 nitrogen and oxygen atoms in total. The number of rotatable bonds is 8. The zero-order valence-corrected chi connectivity index (χ0v) is 20.7. The maximum absolute atomic E-state index is 12.0. The number of nitrogens with two attached hydrogens (primary N) is 1. The van der Waals surface area contributed by atoms with E-state index in [2.05, 4.69) is 20.6 Å². The lowest BCUT2D eigenvalue weighted by Gasteiger charge is -2.16. The van der Waals surface area contributed by atoms with Crippen LogP contribution in [0.4, 0.5) is 0 Å². The van der Waals surface area contributed by atoms with Gasteiger partial charge in [-0.3, -0.25) is 4.79 Å². The molecule has 30 heavy (non-hydrogen) atoms. The Hall–Kier alpha value is -2.21. The predicted octanol–water partition coefficient (Wildman–Crippen LogP) is 3.16. The van der Waals surface area contributed by atoms with E-state index in [0.29, 0.717) is 41.8 Å². The monoisotopic (exact) mass is 545 g/mol. The van der Waals surface area contributed by atoms with Crippen molar-refractivity contribution in [3.8, 4) is 0 Å². The van der Waals surface area contributed by atoms with Crippen molar-refractivity contribution in [2.75, 3.05) is 13.2 Å². The number of thiazole rings is 1. The highest BCUT2D eigenvalue weighted by molar-refractivity contribution is 14.0. The summed E-state index contributed by atoms with van der Waals surface area (Å²) < 4.78 is 5.08. The molecule has 4 N–H and O–H groups in total. The third-order valence-corrected chi connectivity index (χ3v) is 5.32. The molecule has 2 aromatic rings. The van der Waals surface area contributed by atoms with Gasteiger partial charge >= 0.3 is 5.97 Å². The topological polar surface area (TPSA) is 119 Å². The van der Waals surface area contributed by atoms with Gasteiger partial charge in [0, 0.05) is 12.1 Å². The third kappa shape index (κ3) is 7.24. The number of aliphatic imine (C=N–C) groups is 1. The fourth-order valence-electron chi connectivity index (χ4n) is 2.52. The lowest BCUT2D eigenvalue weighted by Crippen LogP contribution is -2.38. The number of benzene rings is 1. The van der Waals surface area contributed by atoms with E-state index in [1.54, 1.807) is 26.0 Å². The molecule has 0 spiro atoms. The van der Waals surface area contributed by atoms with E-state index in [1.807, 2.05) is 26.0 Å². The van der Waals surface area contributed by atoms with Crippen molar-refractivity contribution in [2.45, 2.75) is 40.3 Å². The largest absolute Gasteiger partial charge is 0.462 e. The first-order chi connectivity index (χ1) is 13.8. The van der Waals surface area contributed by atoms with Crippen molar-refractivity contribution in [3.63, 3.8) is 0 Å². The number of esters is 1. The molecule has 10 heteroatoms. The van der Waals surface area contributed by atoms with Gasteiger partial charge < -0.3 is 21.1 Å². The van der Waals surface area contributed by atoms with Gasteiger partial charge in [0.2, 0.25) is 5.91 Å². The van der Waals surface area contributed by atoms with Crippen LogP contribution in [0.1, 0.15) is 63.1 Å². The minimum atomic E-state index is -0.454. The van der Waals surface area contributed by atoms with Gasteiger partial charge in [-0.25, -0.2) is 14.8 Å². The smallest absolute Gasteiger partial charge is 0.350 e. The second kappa shape index (κ2) is 12.5. The van der Waals surface area contributed by atoms with Crippen molar-refractivity contribution < 1.29 is 14.3 Å². The number of hydrogen-bond donors (Lipinski definition) is 3. The molecule has 1 atom stereocenters. The van der Waals surface area contributed by atoms with E-state index >= 15 is 0 Å². The quantitative estimate of drug-likeness (QED) is 0.203. The van der Waals surface area contributed by atoms with Crippen molar-refractivity contribution in [2.24, 2.45) is 10.7 Å². The van der Waals surface area contributed by atoms with E-state index in [-0.39, 0.29) is 36.0 Å². The molecule has 1 heterocycles. The Labute approximate surface area is 197 Å². The van der Waals surface area contributed by atoms with Crippen LogP contribution < -0.4 is 16.4 Å². The minimum Gasteiger partial charge on any atom is -0.462 e. The first-order valence-corrected chi connectivity index (χ1v) is 10.2. The molecule has 2 rings (SSSR count).